The van der Waals surface area contributed by atoms with Crippen LogP contribution in [0.1, 0.15) is 0 Å². The largest absolute Gasteiger partial charge is 0.411 e. The van der Waals surface area contributed by atoms with Gasteiger partial charge in [-0.05, 0) is 6.07 Å². The number of nitrogens with one attached hydrogen (secondary N) is 1. The molecular weight excluding hydrogens is 319 g/mol. The van der Waals surface area contributed by atoms with Crippen LogP contribution in [0.25, 0.3) is 10.2 Å². The maximum Gasteiger partial charge on any atom is 0.411 e. The molecule has 2 aromatic rings. The van der Waals surface area contributed by atoms with Crippen LogP contribution >= 0.6 is 11.3 Å². The molecule has 0 spiro atoms. The monoisotopic (exact) mass is 326 g/mol. The zero-order chi connectivity index (χ0) is 15.6. The summed E-state index contributed by atoms with van der Waals surface area (Å²) in [5.74, 6) is -2.99. The topological polar surface area (TPSA) is 51.2 Å². The van der Waals surface area contributed by atoms with Crippen molar-refractivity contribution in [3.8, 4) is 0 Å². The van der Waals surface area contributed by atoms with Gasteiger partial charge >= 0.3 is 6.18 Å². The predicted molar refractivity (Wildman–Crippen MR) is 65.0 cm³/mol. The van der Waals surface area contributed by atoms with E-state index in [4.69, 9.17) is 0 Å². The van der Waals surface area contributed by atoms with Crippen LogP contribution in [0.15, 0.2) is 12.1 Å². The molecule has 21 heavy (non-hydrogen) atoms. The van der Waals surface area contributed by atoms with Crippen molar-refractivity contribution in [1.29, 1.82) is 0 Å². The van der Waals surface area contributed by atoms with Gasteiger partial charge < -0.3 is 4.74 Å². The molecule has 0 aliphatic carbocycles. The zero-order valence-electron chi connectivity index (χ0n) is 10.1. The summed E-state index contributed by atoms with van der Waals surface area (Å²) < 4.78 is 65.8. The molecule has 10 heteroatoms. The molecule has 0 aliphatic heterocycles. The molecule has 1 N–H and O–H groups in total. The molecule has 0 radical (unpaired) electrons. The van der Waals surface area contributed by atoms with Gasteiger partial charge in [0.05, 0.1) is 10.2 Å². The van der Waals surface area contributed by atoms with Gasteiger partial charge in [-0.15, -0.1) is 0 Å². The Morgan fingerprint density at radius 2 is 1.95 bits per heavy atom. The van der Waals surface area contributed by atoms with E-state index < -0.39 is 36.9 Å². The van der Waals surface area contributed by atoms with Crippen molar-refractivity contribution in [3.63, 3.8) is 0 Å². The normalized spacial score (nSPS) is 11.9. The number of ether oxygens (including phenoxy) is 1. The predicted octanol–water partition coefficient (Wildman–Crippen LogP) is 3.09. The molecule has 1 amide bonds. The highest BCUT2D eigenvalue weighted by Gasteiger charge is 2.27. The van der Waals surface area contributed by atoms with Crippen LogP contribution < -0.4 is 5.32 Å². The molecular formula is C11H7F5N2O2S. The van der Waals surface area contributed by atoms with Gasteiger partial charge in [0.1, 0.15) is 13.2 Å². The first-order valence-corrected chi connectivity index (χ1v) is 6.26. The Bertz CT molecular complexity index is 631. The Kier molecular flexibility index (Phi) is 4.37. The number of carbonyl (C=O) groups is 1. The minimum absolute atomic E-state index is 0.00982. The number of aromatic nitrogens is 1. The molecule has 4 nitrogen and oxygen atoms in total. The van der Waals surface area contributed by atoms with E-state index >= 15 is 0 Å². The second kappa shape index (κ2) is 5.90. The summed E-state index contributed by atoms with van der Waals surface area (Å²) >= 11 is 0.860. The number of nitrogens with zero attached hydrogens (tertiary/aromatic N) is 1. The van der Waals surface area contributed by atoms with Crippen LogP contribution in [-0.2, 0) is 9.53 Å². The van der Waals surface area contributed by atoms with E-state index in [2.05, 4.69) is 15.0 Å². The Balaban J connectivity index is 1.98. The molecule has 2 rings (SSSR count). The lowest BCUT2D eigenvalue weighted by Crippen LogP contribution is -2.23. The lowest BCUT2D eigenvalue weighted by molar-refractivity contribution is -0.174. The minimum atomic E-state index is -4.52. The summed E-state index contributed by atoms with van der Waals surface area (Å²) in [5.41, 5.74) is 0.130. The van der Waals surface area contributed by atoms with Gasteiger partial charge in [-0.3, -0.25) is 10.1 Å². The van der Waals surface area contributed by atoms with Crippen molar-refractivity contribution in [2.24, 2.45) is 0 Å². The third-order valence-electron chi connectivity index (χ3n) is 2.18. The summed E-state index contributed by atoms with van der Waals surface area (Å²) in [7, 11) is 0. The highest BCUT2D eigenvalue weighted by Crippen LogP contribution is 2.27. The van der Waals surface area contributed by atoms with E-state index in [1.807, 2.05) is 0 Å². The lowest BCUT2D eigenvalue weighted by atomic mass is 10.3. The van der Waals surface area contributed by atoms with Crippen LogP contribution in [0.2, 0.25) is 0 Å². The standard InChI is InChI=1S/C11H7F5N2O2S/c12-5-1-7-8(2-6(5)13)21-10(17-7)18-9(19)3-20-4-11(14,15)16/h1-2H,3-4H2,(H,17,18,19). The van der Waals surface area contributed by atoms with Gasteiger partial charge in [0.2, 0.25) is 0 Å². The third kappa shape index (κ3) is 4.33. The summed E-state index contributed by atoms with van der Waals surface area (Å²) in [4.78, 5) is 15.1. The van der Waals surface area contributed by atoms with E-state index in [1.54, 1.807) is 0 Å². The fraction of sp³-hybridized carbons (Fsp3) is 0.273. The quantitative estimate of drug-likeness (QED) is 0.879. The van der Waals surface area contributed by atoms with Crippen molar-refractivity contribution in [2.75, 3.05) is 18.5 Å². The number of fused-ring (bicyclic) bond motifs is 1. The Morgan fingerprint density at radius 1 is 1.29 bits per heavy atom. The van der Waals surface area contributed by atoms with Gasteiger partial charge in [-0.1, -0.05) is 11.3 Å². The average molecular weight is 326 g/mol. The number of anilines is 1. The number of benzene rings is 1. The van der Waals surface area contributed by atoms with Gasteiger partial charge in [-0.2, -0.15) is 13.2 Å². The Labute approximate surface area is 118 Å². The number of rotatable bonds is 4. The fourth-order valence-electron chi connectivity index (χ4n) is 1.39. The number of thiazole rings is 1. The molecule has 0 bridgehead atoms. The van der Waals surface area contributed by atoms with Gasteiger partial charge in [-0.25, -0.2) is 13.8 Å². The first-order chi connectivity index (χ1) is 9.74. The summed E-state index contributed by atoms with van der Waals surface area (Å²) in [5, 5.41) is 2.20. The van der Waals surface area contributed by atoms with Crippen molar-refractivity contribution < 1.29 is 31.5 Å². The SMILES string of the molecule is O=C(COCC(F)(F)F)Nc1nc2cc(F)c(F)cc2s1. The van der Waals surface area contributed by atoms with E-state index in [-0.39, 0.29) is 10.6 Å². The lowest BCUT2D eigenvalue weighted by Gasteiger charge is -2.06. The fourth-order valence-corrected chi connectivity index (χ4v) is 2.28. The second-order valence-corrected chi connectivity index (χ2v) is 4.94. The van der Waals surface area contributed by atoms with Crippen LogP contribution in [0.5, 0.6) is 0 Å². The number of amides is 1. The van der Waals surface area contributed by atoms with Gasteiger partial charge in [0.15, 0.2) is 16.8 Å². The van der Waals surface area contributed by atoms with Gasteiger partial charge in [0, 0.05) is 6.07 Å². The van der Waals surface area contributed by atoms with E-state index in [0.717, 1.165) is 23.5 Å². The highest BCUT2D eigenvalue weighted by atomic mass is 32.1. The van der Waals surface area contributed by atoms with E-state index in [0.29, 0.717) is 4.70 Å². The van der Waals surface area contributed by atoms with Crippen LogP contribution in [0, 0.1) is 11.6 Å². The van der Waals surface area contributed by atoms with E-state index in [9.17, 15) is 26.7 Å². The zero-order valence-corrected chi connectivity index (χ0v) is 10.9. The van der Waals surface area contributed by atoms with Crippen LogP contribution in [-0.4, -0.2) is 30.3 Å². The van der Waals surface area contributed by atoms with Crippen molar-refractivity contribution in [1.82, 2.24) is 4.98 Å². The highest BCUT2D eigenvalue weighted by molar-refractivity contribution is 7.22. The average Bonchev–Trinajstić information content (AvgIpc) is 2.69. The van der Waals surface area contributed by atoms with Crippen LogP contribution in [0.4, 0.5) is 27.1 Å². The summed E-state index contributed by atoms with van der Waals surface area (Å²) in [6.45, 7) is -2.35. The molecule has 0 atom stereocenters. The number of alkyl halides is 3. The van der Waals surface area contributed by atoms with Crippen LogP contribution in [0.3, 0.4) is 0 Å². The molecule has 0 saturated heterocycles. The molecule has 0 aliphatic rings. The maximum absolute atomic E-state index is 13.0. The number of hydrogen-bond acceptors (Lipinski definition) is 4. The number of hydrogen-bond donors (Lipinski definition) is 1. The van der Waals surface area contributed by atoms with Gasteiger partial charge in [0.25, 0.3) is 5.91 Å². The molecule has 0 saturated carbocycles. The number of carbonyl (C=O) groups excluding carboxylic acids is 1. The maximum atomic E-state index is 13.0. The minimum Gasteiger partial charge on any atom is -0.362 e. The molecule has 0 fully saturated rings. The Morgan fingerprint density at radius 3 is 2.62 bits per heavy atom. The van der Waals surface area contributed by atoms with E-state index in [1.165, 1.54) is 0 Å². The molecule has 1 heterocycles. The number of halogens is 5. The van der Waals surface area contributed by atoms with Crippen molar-refractivity contribution in [3.05, 3.63) is 23.8 Å². The summed E-state index contributed by atoms with van der Waals surface area (Å²) in [6, 6.07) is 1.77. The molecule has 1 aromatic heterocycles. The third-order valence-corrected chi connectivity index (χ3v) is 3.11. The van der Waals surface area contributed by atoms with Crippen molar-refractivity contribution >= 4 is 32.6 Å². The smallest absolute Gasteiger partial charge is 0.362 e. The molecule has 0 unspecified atom stereocenters. The van der Waals surface area contributed by atoms with Crippen molar-refractivity contribution in [2.45, 2.75) is 6.18 Å². The summed E-state index contributed by atoms with van der Waals surface area (Å²) in [6.07, 6.45) is -4.52. The first kappa shape index (κ1) is 15.6. The Hall–Kier alpha value is -1.81. The molecule has 1 aromatic carbocycles. The second-order valence-electron chi connectivity index (χ2n) is 3.91. The molecule has 114 valence electrons. The first-order valence-electron chi connectivity index (χ1n) is 5.44.